The van der Waals surface area contributed by atoms with Crippen LogP contribution in [-0.2, 0) is 0 Å². The zero-order valence-electron chi connectivity index (χ0n) is 12.0. The molecule has 18 heavy (non-hydrogen) atoms. The molecule has 1 aromatic rings. The van der Waals surface area contributed by atoms with Crippen LogP contribution in [0.5, 0.6) is 0 Å². The smallest absolute Gasteiger partial charge is 0.0759 e. The zero-order chi connectivity index (χ0) is 13.1. The summed E-state index contributed by atoms with van der Waals surface area (Å²) in [6.07, 6.45) is 7.76. The second-order valence-electron chi connectivity index (χ2n) is 6.03. The standard InChI is InChI=1S/C15H25N3/c1-10-5-11(2)7-13(6-10)15(16-4)14-9-17-12(3)8-18-14/h8-11,13,15-16H,5-7H2,1-4H3. The molecule has 0 aromatic carbocycles. The van der Waals surface area contributed by atoms with Gasteiger partial charge in [-0.05, 0) is 51.0 Å². The van der Waals surface area contributed by atoms with Crippen molar-refractivity contribution in [2.45, 2.75) is 46.1 Å². The van der Waals surface area contributed by atoms with E-state index in [1.165, 1.54) is 19.3 Å². The molecule has 1 saturated carbocycles. The largest absolute Gasteiger partial charge is 0.311 e. The van der Waals surface area contributed by atoms with Gasteiger partial charge >= 0.3 is 0 Å². The topological polar surface area (TPSA) is 37.8 Å². The average Bonchev–Trinajstić information content (AvgIpc) is 2.31. The summed E-state index contributed by atoms with van der Waals surface area (Å²) in [4.78, 5) is 8.93. The molecule has 2 rings (SSSR count). The monoisotopic (exact) mass is 247 g/mol. The van der Waals surface area contributed by atoms with Gasteiger partial charge in [-0.3, -0.25) is 9.97 Å². The molecule has 0 saturated heterocycles. The van der Waals surface area contributed by atoms with Gasteiger partial charge < -0.3 is 5.32 Å². The Kier molecular flexibility index (Phi) is 4.33. The number of nitrogens with one attached hydrogen (secondary N) is 1. The highest BCUT2D eigenvalue weighted by atomic mass is 14.9. The highest BCUT2D eigenvalue weighted by Crippen LogP contribution is 2.39. The summed E-state index contributed by atoms with van der Waals surface area (Å²) in [5.74, 6) is 2.34. The normalized spacial score (nSPS) is 30.1. The third-order valence-electron chi connectivity index (χ3n) is 4.12. The van der Waals surface area contributed by atoms with Crippen molar-refractivity contribution in [3.05, 3.63) is 23.8 Å². The number of nitrogens with zero attached hydrogens (tertiary/aromatic N) is 2. The van der Waals surface area contributed by atoms with Crippen molar-refractivity contribution in [1.29, 1.82) is 0 Å². The molecule has 0 amide bonds. The van der Waals surface area contributed by atoms with Gasteiger partial charge in [0, 0.05) is 6.20 Å². The van der Waals surface area contributed by atoms with Gasteiger partial charge in [-0.25, -0.2) is 0 Å². The Morgan fingerprint density at radius 2 is 1.78 bits per heavy atom. The fourth-order valence-electron chi connectivity index (χ4n) is 3.47. The first kappa shape index (κ1) is 13.5. The molecule has 3 heteroatoms. The van der Waals surface area contributed by atoms with E-state index in [2.05, 4.69) is 29.1 Å². The Labute approximate surface area is 110 Å². The molecule has 0 bridgehead atoms. The van der Waals surface area contributed by atoms with E-state index in [0.717, 1.165) is 23.2 Å². The van der Waals surface area contributed by atoms with E-state index in [4.69, 9.17) is 0 Å². The lowest BCUT2D eigenvalue weighted by Crippen LogP contribution is -2.32. The fraction of sp³-hybridized carbons (Fsp3) is 0.733. The predicted octanol–water partition coefficient (Wildman–Crippen LogP) is 3.12. The van der Waals surface area contributed by atoms with Crippen LogP contribution < -0.4 is 5.32 Å². The van der Waals surface area contributed by atoms with E-state index in [1.807, 2.05) is 26.4 Å². The first-order valence-corrected chi connectivity index (χ1v) is 7.06. The van der Waals surface area contributed by atoms with Crippen LogP contribution in [0.1, 0.15) is 50.5 Å². The number of aromatic nitrogens is 2. The van der Waals surface area contributed by atoms with Crippen LogP contribution in [0.25, 0.3) is 0 Å². The first-order chi connectivity index (χ1) is 8.60. The van der Waals surface area contributed by atoms with Gasteiger partial charge in [0.15, 0.2) is 0 Å². The van der Waals surface area contributed by atoms with Crippen LogP contribution in [0, 0.1) is 24.7 Å². The number of hydrogen-bond donors (Lipinski definition) is 1. The van der Waals surface area contributed by atoms with Crippen molar-refractivity contribution in [3.8, 4) is 0 Å². The summed E-state index contributed by atoms with van der Waals surface area (Å²) in [5, 5.41) is 3.45. The molecule has 100 valence electrons. The summed E-state index contributed by atoms with van der Waals surface area (Å²) >= 11 is 0. The lowest BCUT2D eigenvalue weighted by atomic mass is 9.73. The van der Waals surface area contributed by atoms with Gasteiger partial charge in [-0.2, -0.15) is 0 Å². The van der Waals surface area contributed by atoms with E-state index < -0.39 is 0 Å². The van der Waals surface area contributed by atoms with E-state index >= 15 is 0 Å². The van der Waals surface area contributed by atoms with E-state index in [-0.39, 0.29) is 0 Å². The molecule has 1 heterocycles. The Balaban J connectivity index is 2.14. The highest BCUT2D eigenvalue weighted by Gasteiger charge is 2.30. The Bertz CT molecular complexity index is 364. The maximum atomic E-state index is 4.55. The molecule has 1 N–H and O–H groups in total. The molecule has 0 spiro atoms. The van der Waals surface area contributed by atoms with Crippen LogP contribution in [-0.4, -0.2) is 17.0 Å². The minimum Gasteiger partial charge on any atom is -0.311 e. The third-order valence-corrected chi connectivity index (χ3v) is 4.12. The highest BCUT2D eigenvalue weighted by molar-refractivity contribution is 5.08. The number of hydrogen-bond acceptors (Lipinski definition) is 3. The molecule has 3 atom stereocenters. The number of aryl methyl sites for hydroxylation is 1. The van der Waals surface area contributed by atoms with Crippen molar-refractivity contribution in [2.75, 3.05) is 7.05 Å². The summed E-state index contributed by atoms with van der Waals surface area (Å²) in [6.45, 7) is 6.72. The molecule has 0 aliphatic heterocycles. The van der Waals surface area contributed by atoms with Gasteiger partial charge in [0.1, 0.15) is 0 Å². The minimum atomic E-state index is 0.350. The predicted molar refractivity (Wildman–Crippen MR) is 74.2 cm³/mol. The van der Waals surface area contributed by atoms with Crippen molar-refractivity contribution >= 4 is 0 Å². The minimum absolute atomic E-state index is 0.350. The molecule has 3 nitrogen and oxygen atoms in total. The number of rotatable bonds is 3. The average molecular weight is 247 g/mol. The van der Waals surface area contributed by atoms with Gasteiger partial charge in [0.2, 0.25) is 0 Å². The molecular weight excluding hydrogens is 222 g/mol. The second-order valence-corrected chi connectivity index (χ2v) is 6.03. The van der Waals surface area contributed by atoms with E-state index in [9.17, 15) is 0 Å². The van der Waals surface area contributed by atoms with Gasteiger partial charge in [-0.15, -0.1) is 0 Å². The third kappa shape index (κ3) is 3.08. The molecule has 0 radical (unpaired) electrons. The van der Waals surface area contributed by atoms with Crippen LogP contribution in [0.4, 0.5) is 0 Å². The van der Waals surface area contributed by atoms with Crippen LogP contribution in [0.3, 0.4) is 0 Å². The van der Waals surface area contributed by atoms with E-state index in [0.29, 0.717) is 12.0 Å². The quantitative estimate of drug-likeness (QED) is 0.891. The van der Waals surface area contributed by atoms with Crippen molar-refractivity contribution < 1.29 is 0 Å². The molecule has 3 unspecified atom stereocenters. The Hall–Kier alpha value is -0.960. The van der Waals surface area contributed by atoms with Gasteiger partial charge in [-0.1, -0.05) is 13.8 Å². The van der Waals surface area contributed by atoms with Crippen LogP contribution in [0.2, 0.25) is 0 Å². The molecule has 1 aliphatic rings. The second kappa shape index (κ2) is 5.79. The maximum Gasteiger partial charge on any atom is 0.0759 e. The lowest BCUT2D eigenvalue weighted by Gasteiger charge is -2.36. The molecular formula is C15H25N3. The first-order valence-electron chi connectivity index (χ1n) is 7.06. The SMILES string of the molecule is CNC(c1cnc(C)cn1)C1CC(C)CC(C)C1. The van der Waals surface area contributed by atoms with Crippen LogP contribution in [0.15, 0.2) is 12.4 Å². The van der Waals surface area contributed by atoms with E-state index in [1.54, 1.807) is 0 Å². The maximum absolute atomic E-state index is 4.55. The molecule has 1 aliphatic carbocycles. The van der Waals surface area contributed by atoms with Crippen molar-refractivity contribution in [2.24, 2.45) is 17.8 Å². The van der Waals surface area contributed by atoms with Crippen molar-refractivity contribution in [3.63, 3.8) is 0 Å². The zero-order valence-corrected chi connectivity index (χ0v) is 12.0. The molecule has 1 aromatic heterocycles. The summed E-state index contributed by atoms with van der Waals surface area (Å²) < 4.78 is 0. The summed E-state index contributed by atoms with van der Waals surface area (Å²) in [6, 6.07) is 0.350. The van der Waals surface area contributed by atoms with Crippen LogP contribution >= 0.6 is 0 Å². The fourth-order valence-corrected chi connectivity index (χ4v) is 3.47. The lowest BCUT2D eigenvalue weighted by molar-refractivity contribution is 0.178. The molecule has 1 fully saturated rings. The summed E-state index contributed by atoms with van der Waals surface area (Å²) in [5.41, 5.74) is 2.08. The Morgan fingerprint density at radius 1 is 1.11 bits per heavy atom. The van der Waals surface area contributed by atoms with Gasteiger partial charge in [0.25, 0.3) is 0 Å². The van der Waals surface area contributed by atoms with Crippen molar-refractivity contribution in [1.82, 2.24) is 15.3 Å². The summed E-state index contributed by atoms with van der Waals surface area (Å²) in [7, 11) is 2.04. The Morgan fingerprint density at radius 3 is 2.28 bits per heavy atom. The van der Waals surface area contributed by atoms with Gasteiger partial charge in [0.05, 0.1) is 23.6 Å².